The molecule has 0 heterocycles. The summed E-state index contributed by atoms with van der Waals surface area (Å²) in [5.74, 6) is 0.115. The van der Waals surface area contributed by atoms with Gasteiger partial charge in [-0.2, -0.15) is 8.42 Å². The van der Waals surface area contributed by atoms with E-state index in [4.69, 9.17) is 0 Å². The molecule has 0 aromatic carbocycles. The summed E-state index contributed by atoms with van der Waals surface area (Å²) in [5, 5.41) is 0. The summed E-state index contributed by atoms with van der Waals surface area (Å²) >= 11 is 0. The third-order valence-corrected chi connectivity index (χ3v) is 2.12. The van der Waals surface area contributed by atoms with Crippen LogP contribution in [-0.4, -0.2) is 21.3 Å². The molecule has 0 aliphatic rings. The van der Waals surface area contributed by atoms with Crippen molar-refractivity contribution in [2.75, 3.05) is 12.9 Å². The van der Waals surface area contributed by atoms with E-state index >= 15 is 0 Å². The van der Waals surface area contributed by atoms with Crippen LogP contribution < -0.4 is 0 Å². The van der Waals surface area contributed by atoms with Crippen LogP contribution in [-0.2, 0) is 33.8 Å². The van der Waals surface area contributed by atoms with Gasteiger partial charge in [0.1, 0.15) is 0 Å². The van der Waals surface area contributed by atoms with Crippen molar-refractivity contribution in [2.24, 2.45) is 0 Å². The fraction of sp³-hybridized carbons (Fsp3) is 1.00. The summed E-state index contributed by atoms with van der Waals surface area (Å²) in [7, 11) is -2.00. The molecular weight excluding hydrogens is 193 g/mol. The van der Waals surface area contributed by atoms with Crippen LogP contribution in [0.1, 0.15) is 13.3 Å². The second-order valence-corrected chi connectivity index (χ2v) is 3.29. The topological polar surface area (TPSA) is 43.4 Å². The molecule has 5 heteroatoms. The van der Waals surface area contributed by atoms with Gasteiger partial charge in [-0.1, -0.05) is 6.92 Å². The van der Waals surface area contributed by atoms with Crippen LogP contribution in [0.25, 0.3) is 0 Å². The molecule has 0 aromatic rings. The molecular formula is C4H10O3SZn. The van der Waals surface area contributed by atoms with Gasteiger partial charge in [0.25, 0.3) is 10.1 Å². The van der Waals surface area contributed by atoms with E-state index in [0.717, 1.165) is 0 Å². The molecule has 0 radical (unpaired) electrons. The van der Waals surface area contributed by atoms with Crippen molar-refractivity contribution in [1.82, 2.24) is 0 Å². The van der Waals surface area contributed by atoms with Crippen molar-refractivity contribution in [1.29, 1.82) is 0 Å². The minimum atomic E-state index is -3.17. The standard InChI is InChI=1S/C4H10O3S.Zn/c1-3-4-8(5,6)7-2;/h3-4H2,1-2H3;. The summed E-state index contributed by atoms with van der Waals surface area (Å²) in [6, 6.07) is 0. The van der Waals surface area contributed by atoms with Gasteiger partial charge in [-0.05, 0) is 6.42 Å². The minimum Gasteiger partial charge on any atom is -0.273 e. The van der Waals surface area contributed by atoms with Gasteiger partial charge in [0.15, 0.2) is 0 Å². The van der Waals surface area contributed by atoms with Crippen LogP contribution >= 0.6 is 0 Å². The molecule has 52 valence electrons. The minimum absolute atomic E-state index is 0. The SMILES string of the molecule is CCCS(=O)(=O)OC.[Zn]. The Morgan fingerprint density at radius 3 is 2.00 bits per heavy atom. The van der Waals surface area contributed by atoms with Crippen LogP contribution in [0.5, 0.6) is 0 Å². The molecule has 0 saturated carbocycles. The molecule has 0 aliphatic heterocycles. The summed E-state index contributed by atoms with van der Waals surface area (Å²) in [4.78, 5) is 0. The molecule has 9 heavy (non-hydrogen) atoms. The zero-order valence-corrected chi connectivity index (χ0v) is 9.54. The van der Waals surface area contributed by atoms with Crippen molar-refractivity contribution >= 4 is 10.1 Å². The fourth-order valence-corrected chi connectivity index (χ4v) is 1.000. The predicted molar refractivity (Wildman–Crippen MR) is 31.1 cm³/mol. The van der Waals surface area contributed by atoms with Crippen molar-refractivity contribution in [3.05, 3.63) is 0 Å². The maximum Gasteiger partial charge on any atom is 0.267 e. The quantitative estimate of drug-likeness (QED) is 0.492. The Hall–Kier alpha value is 0.533. The van der Waals surface area contributed by atoms with E-state index in [9.17, 15) is 8.42 Å². The molecule has 0 unspecified atom stereocenters. The van der Waals surface area contributed by atoms with Crippen molar-refractivity contribution in [3.63, 3.8) is 0 Å². The molecule has 0 amide bonds. The van der Waals surface area contributed by atoms with Gasteiger partial charge in [0, 0.05) is 19.5 Å². The first-order chi connectivity index (χ1) is 3.62. The third-order valence-electron chi connectivity index (χ3n) is 0.708. The van der Waals surface area contributed by atoms with Crippen molar-refractivity contribution in [2.45, 2.75) is 13.3 Å². The molecule has 0 rings (SSSR count). The predicted octanol–water partition coefficient (Wildman–Crippen LogP) is 0.370. The Morgan fingerprint density at radius 2 is 1.89 bits per heavy atom. The van der Waals surface area contributed by atoms with Gasteiger partial charge in [0.2, 0.25) is 0 Å². The first kappa shape index (κ1) is 12.2. The third kappa shape index (κ3) is 6.42. The Balaban J connectivity index is 0. The Labute approximate surface area is 68.7 Å². The average Bonchev–Trinajstić information content (AvgIpc) is 1.67. The molecule has 0 N–H and O–H groups in total. The van der Waals surface area contributed by atoms with E-state index in [1.807, 2.05) is 0 Å². The average molecular weight is 204 g/mol. The molecule has 0 fully saturated rings. The normalized spacial score (nSPS) is 10.4. The van der Waals surface area contributed by atoms with E-state index in [1.165, 1.54) is 7.11 Å². The Bertz CT molecular complexity index is 140. The Morgan fingerprint density at radius 1 is 1.44 bits per heavy atom. The van der Waals surface area contributed by atoms with Crippen LogP contribution in [0, 0.1) is 0 Å². The zero-order chi connectivity index (χ0) is 6.62. The van der Waals surface area contributed by atoms with Crippen molar-refractivity contribution < 1.29 is 32.1 Å². The monoisotopic (exact) mass is 202 g/mol. The van der Waals surface area contributed by atoms with Gasteiger partial charge in [-0.25, -0.2) is 0 Å². The smallest absolute Gasteiger partial charge is 0.267 e. The molecule has 0 atom stereocenters. The second-order valence-electron chi connectivity index (χ2n) is 1.43. The van der Waals surface area contributed by atoms with E-state index in [1.54, 1.807) is 6.92 Å². The van der Waals surface area contributed by atoms with E-state index in [-0.39, 0.29) is 25.2 Å². The maximum absolute atomic E-state index is 10.4. The molecule has 0 aliphatic carbocycles. The van der Waals surface area contributed by atoms with E-state index in [0.29, 0.717) is 6.42 Å². The van der Waals surface area contributed by atoms with Gasteiger partial charge >= 0.3 is 0 Å². The van der Waals surface area contributed by atoms with Gasteiger partial charge < -0.3 is 0 Å². The van der Waals surface area contributed by atoms with Crippen molar-refractivity contribution in [3.8, 4) is 0 Å². The first-order valence-corrected chi connectivity index (χ1v) is 3.98. The number of rotatable bonds is 3. The molecule has 0 aromatic heterocycles. The maximum atomic E-state index is 10.4. The summed E-state index contributed by atoms with van der Waals surface area (Å²) in [6.07, 6.45) is 0.607. The molecule has 0 spiro atoms. The van der Waals surface area contributed by atoms with Gasteiger partial charge in [-0.15, -0.1) is 0 Å². The molecule has 0 saturated heterocycles. The van der Waals surface area contributed by atoms with Crippen LogP contribution in [0.15, 0.2) is 0 Å². The largest absolute Gasteiger partial charge is 0.273 e. The fourth-order valence-electron chi connectivity index (χ4n) is 0.333. The second kappa shape index (κ2) is 5.33. The molecule has 0 bridgehead atoms. The number of hydrogen-bond donors (Lipinski definition) is 0. The summed E-state index contributed by atoms with van der Waals surface area (Å²) in [6.45, 7) is 1.79. The summed E-state index contributed by atoms with van der Waals surface area (Å²) in [5.41, 5.74) is 0. The Kier molecular flexibility index (Phi) is 7.24. The summed E-state index contributed by atoms with van der Waals surface area (Å²) < 4.78 is 24.9. The zero-order valence-electron chi connectivity index (χ0n) is 5.75. The van der Waals surface area contributed by atoms with Gasteiger partial charge in [-0.3, -0.25) is 4.18 Å². The van der Waals surface area contributed by atoms with Gasteiger partial charge in [0.05, 0.1) is 12.9 Å². The number of hydrogen-bond acceptors (Lipinski definition) is 3. The van der Waals surface area contributed by atoms with E-state index < -0.39 is 10.1 Å². The molecule has 3 nitrogen and oxygen atoms in total. The van der Waals surface area contributed by atoms with Crippen LogP contribution in [0.4, 0.5) is 0 Å². The van der Waals surface area contributed by atoms with E-state index in [2.05, 4.69) is 4.18 Å². The van der Waals surface area contributed by atoms with Crippen LogP contribution in [0.3, 0.4) is 0 Å². The van der Waals surface area contributed by atoms with Crippen LogP contribution in [0.2, 0.25) is 0 Å². The first-order valence-electron chi connectivity index (χ1n) is 2.40.